The second-order valence-electron chi connectivity index (χ2n) is 17.1. The molecule has 7 rings (SSSR count). The first-order valence-electron chi connectivity index (χ1n) is 18.7. The van der Waals surface area contributed by atoms with E-state index in [1.807, 2.05) is 12.3 Å². The highest BCUT2D eigenvalue weighted by Gasteiger charge is 2.55. The third-order valence-corrected chi connectivity index (χ3v) is 11.7. The summed E-state index contributed by atoms with van der Waals surface area (Å²) in [6, 6.07) is 36.4. The Balaban J connectivity index is 1.32. The number of hydrogen-bond acceptors (Lipinski definition) is 5. The minimum absolute atomic E-state index is 0.0162. The Labute approximate surface area is 310 Å². The van der Waals surface area contributed by atoms with Crippen LogP contribution >= 0.6 is 0 Å². The fourth-order valence-electron chi connectivity index (χ4n) is 7.84. The lowest BCUT2D eigenvalue weighted by Gasteiger charge is -2.41. The molecule has 5 nitrogen and oxygen atoms in total. The van der Waals surface area contributed by atoms with Crippen LogP contribution in [0.15, 0.2) is 114 Å². The van der Waals surface area contributed by atoms with Crippen molar-refractivity contribution in [3.63, 3.8) is 0 Å². The molecule has 5 aromatic rings. The molecule has 2 aliphatic heterocycles. The Morgan fingerprint density at radius 1 is 0.712 bits per heavy atom. The molecule has 0 amide bonds. The first kappa shape index (κ1) is 35.5. The molecule has 268 valence electrons. The predicted octanol–water partition coefficient (Wildman–Crippen LogP) is 12.5. The quantitative estimate of drug-likeness (QED) is 0.170. The van der Waals surface area contributed by atoms with Crippen molar-refractivity contribution in [1.29, 1.82) is 0 Å². The summed E-state index contributed by atoms with van der Waals surface area (Å²) < 4.78 is 13.8. The van der Waals surface area contributed by atoms with Crippen LogP contribution in [0.3, 0.4) is 0 Å². The lowest BCUT2D eigenvalue weighted by atomic mass is 9.72. The van der Waals surface area contributed by atoms with E-state index in [9.17, 15) is 0 Å². The zero-order valence-electron chi connectivity index (χ0n) is 32.7. The Morgan fingerprint density at radius 2 is 1.40 bits per heavy atom. The minimum Gasteiger partial charge on any atom is -0.464 e. The summed E-state index contributed by atoms with van der Waals surface area (Å²) >= 11 is 0. The van der Waals surface area contributed by atoms with E-state index >= 15 is 0 Å². The van der Waals surface area contributed by atoms with Crippen LogP contribution in [0.1, 0.15) is 115 Å². The number of hydrogen-bond donors (Lipinski definition) is 0. The number of pyridine rings is 1. The van der Waals surface area contributed by atoms with Crippen LogP contribution in [0.2, 0.25) is 0 Å². The lowest BCUT2D eigenvalue weighted by Crippen LogP contribution is -2.47. The van der Waals surface area contributed by atoms with Crippen LogP contribution < -0.4 is 9.64 Å². The smallest absolute Gasteiger partial charge is 0.217 e. The maximum Gasteiger partial charge on any atom is 0.217 e. The molecule has 0 N–H and O–H groups in total. The van der Waals surface area contributed by atoms with Crippen molar-refractivity contribution < 1.29 is 9.47 Å². The van der Waals surface area contributed by atoms with Gasteiger partial charge in [0, 0.05) is 23.2 Å². The molecule has 0 unspecified atom stereocenters. The lowest BCUT2D eigenvalue weighted by molar-refractivity contribution is 0.00857. The van der Waals surface area contributed by atoms with Crippen LogP contribution in [0, 0.1) is 5.92 Å². The number of aliphatic imine (C=N–C) groups is 1. The van der Waals surface area contributed by atoms with Crippen molar-refractivity contribution in [2.45, 2.75) is 104 Å². The van der Waals surface area contributed by atoms with Gasteiger partial charge in [0.25, 0.3) is 0 Å². The van der Waals surface area contributed by atoms with Gasteiger partial charge in [-0.3, -0.25) is 4.90 Å². The first-order valence-corrected chi connectivity index (χ1v) is 18.7. The summed E-state index contributed by atoms with van der Waals surface area (Å²) in [5, 5.41) is 0. The third-order valence-electron chi connectivity index (χ3n) is 11.7. The van der Waals surface area contributed by atoms with Crippen molar-refractivity contribution in [3.8, 4) is 11.5 Å². The van der Waals surface area contributed by atoms with Crippen molar-refractivity contribution in [1.82, 2.24) is 4.98 Å². The fraction of sp³-hybridized carbons (Fsp3) is 0.362. The molecule has 4 aromatic carbocycles. The SMILES string of the molecule is CC(C)c1cc(Oc2ccc3c(c2)N(c2cc(C(C)(C)C)ccn2)c2ccccc2C3(C)C)cc(C2=N[C@](C)(C(C)C)[C@@](C)(c3ccccc3)O2)c1. The van der Waals surface area contributed by atoms with Crippen molar-refractivity contribution in [3.05, 3.63) is 143 Å². The van der Waals surface area contributed by atoms with Gasteiger partial charge in [0.1, 0.15) is 22.9 Å². The molecule has 1 aromatic heterocycles. The Hall–Kier alpha value is -4.90. The number of nitrogens with zero attached hydrogens (tertiary/aromatic N) is 3. The van der Waals surface area contributed by atoms with E-state index in [-0.39, 0.29) is 22.7 Å². The van der Waals surface area contributed by atoms with Crippen molar-refractivity contribution in [2.24, 2.45) is 10.9 Å². The highest BCUT2D eigenvalue weighted by Crippen LogP contribution is 2.53. The van der Waals surface area contributed by atoms with Gasteiger partial charge >= 0.3 is 0 Å². The Bertz CT molecular complexity index is 2160. The van der Waals surface area contributed by atoms with E-state index in [0.29, 0.717) is 5.90 Å². The average molecular weight is 692 g/mol. The van der Waals surface area contributed by atoms with Gasteiger partial charge < -0.3 is 9.47 Å². The highest BCUT2D eigenvalue weighted by molar-refractivity contribution is 5.97. The van der Waals surface area contributed by atoms with Gasteiger partial charge in [-0.2, -0.15) is 0 Å². The van der Waals surface area contributed by atoms with Gasteiger partial charge in [0.15, 0.2) is 5.60 Å². The molecule has 0 bridgehead atoms. The Kier molecular flexibility index (Phi) is 8.64. The molecule has 2 aliphatic rings. The second kappa shape index (κ2) is 12.6. The summed E-state index contributed by atoms with van der Waals surface area (Å²) in [6.07, 6.45) is 1.93. The minimum atomic E-state index is -0.629. The topological polar surface area (TPSA) is 47.0 Å². The number of aromatic nitrogens is 1. The standard InChI is InChI=1S/C47H53N3O2/c1-30(2)32-25-33(43-49-46(10,31(3)4)47(11,52-43)34-17-13-12-14-18-34)27-37(26-32)51-36-21-22-39-41(29-36)50(40-20-16-15-19-38(40)45(39,8)9)42-28-35(23-24-48-42)44(5,6)7/h12-31H,1-11H3/t46-,47-/m1/s1. The largest absolute Gasteiger partial charge is 0.464 e. The summed E-state index contributed by atoms with van der Waals surface area (Å²) in [5.41, 5.74) is 7.78. The van der Waals surface area contributed by atoms with Crippen LogP contribution in [0.25, 0.3) is 0 Å². The number of benzene rings is 4. The zero-order valence-corrected chi connectivity index (χ0v) is 32.7. The van der Waals surface area contributed by atoms with E-state index in [2.05, 4.69) is 178 Å². The fourth-order valence-corrected chi connectivity index (χ4v) is 7.84. The normalized spacial score (nSPS) is 20.7. The molecule has 0 aliphatic carbocycles. The molecule has 0 saturated heterocycles. The summed E-state index contributed by atoms with van der Waals surface area (Å²) in [6.45, 7) is 24.6. The van der Waals surface area contributed by atoms with Gasteiger partial charge in [-0.05, 0) is 101 Å². The number of rotatable bonds is 7. The highest BCUT2D eigenvalue weighted by atomic mass is 16.5. The van der Waals surface area contributed by atoms with Crippen LogP contribution in [-0.4, -0.2) is 16.4 Å². The van der Waals surface area contributed by atoms with Crippen LogP contribution in [-0.2, 0) is 21.2 Å². The summed E-state index contributed by atoms with van der Waals surface area (Å²) in [4.78, 5) is 12.6. The zero-order chi connectivity index (χ0) is 37.2. The maximum atomic E-state index is 6.95. The van der Waals surface area contributed by atoms with E-state index in [1.54, 1.807) is 0 Å². The molecular formula is C47H53N3O2. The predicted molar refractivity (Wildman–Crippen MR) is 215 cm³/mol. The van der Waals surface area contributed by atoms with Gasteiger partial charge in [-0.15, -0.1) is 0 Å². The van der Waals surface area contributed by atoms with E-state index < -0.39 is 11.1 Å². The molecular weight excluding hydrogens is 639 g/mol. The van der Waals surface area contributed by atoms with Crippen LogP contribution in [0.4, 0.5) is 17.2 Å². The third kappa shape index (κ3) is 5.88. The van der Waals surface area contributed by atoms with E-state index in [4.69, 9.17) is 19.5 Å². The van der Waals surface area contributed by atoms with Gasteiger partial charge in [-0.25, -0.2) is 9.98 Å². The molecule has 0 saturated carbocycles. The molecule has 5 heteroatoms. The van der Waals surface area contributed by atoms with E-state index in [0.717, 1.165) is 45.4 Å². The second-order valence-corrected chi connectivity index (χ2v) is 17.1. The van der Waals surface area contributed by atoms with E-state index in [1.165, 1.54) is 16.7 Å². The van der Waals surface area contributed by atoms with Gasteiger partial charge in [0.2, 0.25) is 5.90 Å². The van der Waals surface area contributed by atoms with Crippen molar-refractivity contribution in [2.75, 3.05) is 4.90 Å². The van der Waals surface area contributed by atoms with Crippen LogP contribution in [0.5, 0.6) is 11.5 Å². The molecule has 3 heterocycles. The van der Waals surface area contributed by atoms with Crippen molar-refractivity contribution >= 4 is 23.1 Å². The summed E-state index contributed by atoms with van der Waals surface area (Å²) in [5.74, 6) is 3.57. The molecule has 2 atom stereocenters. The van der Waals surface area contributed by atoms with Gasteiger partial charge in [0.05, 0.1) is 11.4 Å². The Morgan fingerprint density at radius 3 is 2.10 bits per heavy atom. The molecule has 0 radical (unpaired) electrons. The maximum absolute atomic E-state index is 6.95. The summed E-state index contributed by atoms with van der Waals surface area (Å²) in [7, 11) is 0. The van der Waals surface area contributed by atoms with Gasteiger partial charge in [-0.1, -0.05) is 117 Å². The number of anilines is 3. The number of para-hydroxylation sites is 1. The first-order chi connectivity index (χ1) is 24.5. The number of ether oxygens (including phenoxy) is 2. The monoisotopic (exact) mass is 691 g/mol. The molecule has 0 fully saturated rings. The number of fused-ring (bicyclic) bond motifs is 2. The molecule has 52 heavy (non-hydrogen) atoms. The molecule has 0 spiro atoms. The average Bonchev–Trinajstić information content (AvgIpc) is 3.40.